The van der Waals surface area contributed by atoms with Gasteiger partial charge in [0.05, 0.1) is 5.69 Å². The summed E-state index contributed by atoms with van der Waals surface area (Å²) in [4.78, 5) is 11.9. The lowest BCUT2D eigenvalue weighted by molar-refractivity contribution is 0.255. The molecule has 0 heterocycles. The Morgan fingerprint density at radius 2 is 2.23 bits per heavy atom. The molecular formula is C8H9ClN2O2. The minimum atomic E-state index is -0.655. The van der Waals surface area contributed by atoms with Crippen LogP contribution in [0.3, 0.4) is 0 Å². The first-order valence-electron chi connectivity index (χ1n) is 3.54. The summed E-state index contributed by atoms with van der Waals surface area (Å²) in [5.41, 5.74) is 5.31. The van der Waals surface area contributed by atoms with Gasteiger partial charge >= 0.3 is 6.03 Å². The summed E-state index contributed by atoms with van der Waals surface area (Å²) in [6, 6.07) is 3.73. The number of benzene rings is 1. The van der Waals surface area contributed by atoms with Crippen molar-refractivity contribution < 1.29 is 9.90 Å². The molecule has 0 saturated carbocycles. The third-order valence-electron chi connectivity index (χ3n) is 1.63. The van der Waals surface area contributed by atoms with Crippen molar-refractivity contribution in [3.8, 4) is 5.75 Å². The number of aromatic hydroxyl groups is 1. The molecule has 0 fully saturated rings. The normalized spacial score (nSPS) is 9.69. The van der Waals surface area contributed by atoms with Crippen molar-refractivity contribution in [3.05, 3.63) is 23.2 Å². The van der Waals surface area contributed by atoms with Crippen molar-refractivity contribution >= 4 is 23.3 Å². The minimum absolute atomic E-state index is 0.0364. The molecule has 0 aromatic heterocycles. The number of halogens is 1. The quantitative estimate of drug-likeness (QED) is 0.723. The molecule has 0 saturated heterocycles. The lowest BCUT2D eigenvalue weighted by atomic mass is 10.3. The van der Waals surface area contributed by atoms with Gasteiger partial charge in [-0.25, -0.2) is 4.79 Å². The number of urea groups is 1. The molecule has 13 heavy (non-hydrogen) atoms. The first-order valence-corrected chi connectivity index (χ1v) is 3.92. The van der Waals surface area contributed by atoms with Gasteiger partial charge in [0.1, 0.15) is 5.75 Å². The molecule has 1 rings (SSSR count). The molecule has 0 radical (unpaired) electrons. The molecular weight excluding hydrogens is 192 g/mol. The molecule has 0 atom stereocenters. The number of anilines is 1. The second kappa shape index (κ2) is 3.53. The van der Waals surface area contributed by atoms with Crippen LogP contribution >= 0.6 is 11.6 Å². The summed E-state index contributed by atoms with van der Waals surface area (Å²) in [5.74, 6) is -0.0364. The van der Waals surface area contributed by atoms with E-state index in [2.05, 4.69) is 0 Å². The number of carbonyl (C=O) groups excluding carboxylic acids is 1. The monoisotopic (exact) mass is 200 g/mol. The summed E-state index contributed by atoms with van der Waals surface area (Å²) >= 11 is 5.68. The third-order valence-corrected chi connectivity index (χ3v) is 1.86. The number of phenols is 1. The molecule has 0 aliphatic carbocycles. The molecule has 1 aromatic rings. The van der Waals surface area contributed by atoms with Gasteiger partial charge in [-0.1, -0.05) is 11.6 Å². The number of nitrogens with two attached hydrogens (primary N) is 1. The van der Waals surface area contributed by atoms with Gasteiger partial charge in [-0.3, -0.25) is 4.90 Å². The smallest absolute Gasteiger partial charge is 0.319 e. The molecule has 0 aliphatic heterocycles. The number of primary amides is 1. The van der Waals surface area contributed by atoms with Crippen molar-refractivity contribution in [3.63, 3.8) is 0 Å². The second-order valence-corrected chi connectivity index (χ2v) is 2.97. The topological polar surface area (TPSA) is 66.6 Å². The van der Waals surface area contributed by atoms with E-state index in [-0.39, 0.29) is 5.75 Å². The average Bonchev–Trinajstić information content (AvgIpc) is 2.08. The van der Waals surface area contributed by atoms with Gasteiger partial charge < -0.3 is 10.8 Å². The highest BCUT2D eigenvalue weighted by atomic mass is 35.5. The van der Waals surface area contributed by atoms with Gasteiger partial charge in [-0.2, -0.15) is 0 Å². The van der Waals surface area contributed by atoms with E-state index in [0.717, 1.165) is 4.90 Å². The molecule has 0 bridgehead atoms. The van der Waals surface area contributed by atoms with Gasteiger partial charge in [0.2, 0.25) is 0 Å². The zero-order valence-corrected chi connectivity index (χ0v) is 7.75. The van der Waals surface area contributed by atoms with E-state index in [1.54, 1.807) is 0 Å². The zero-order chi connectivity index (χ0) is 10.0. The Balaban J connectivity index is 3.12. The zero-order valence-electron chi connectivity index (χ0n) is 6.99. The van der Waals surface area contributed by atoms with Crippen molar-refractivity contribution in [1.82, 2.24) is 0 Å². The molecule has 0 aliphatic rings. The fourth-order valence-corrected chi connectivity index (χ4v) is 1.05. The number of hydrogen-bond donors (Lipinski definition) is 2. The first-order chi connectivity index (χ1) is 6.02. The van der Waals surface area contributed by atoms with Crippen molar-refractivity contribution in [2.75, 3.05) is 11.9 Å². The van der Waals surface area contributed by atoms with E-state index in [9.17, 15) is 9.90 Å². The Morgan fingerprint density at radius 1 is 1.62 bits per heavy atom. The predicted molar refractivity (Wildman–Crippen MR) is 51.1 cm³/mol. The lowest BCUT2D eigenvalue weighted by Crippen LogP contribution is -2.31. The van der Waals surface area contributed by atoms with Crippen LogP contribution in [0.2, 0.25) is 5.02 Å². The van der Waals surface area contributed by atoms with E-state index >= 15 is 0 Å². The van der Waals surface area contributed by atoms with E-state index in [4.69, 9.17) is 17.3 Å². The van der Waals surface area contributed by atoms with Gasteiger partial charge in [-0.15, -0.1) is 0 Å². The highest BCUT2D eigenvalue weighted by molar-refractivity contribution is 6.31. The number of rotatable bonds is 1. The number of nitrogens with zero attached hydrogens (tertiary/aromatic N) is 1. The Kier molecular flexibility index (Phi) is 2.63. The molecule has 4 nitrogen and oxygen atoms in total. The van der Waals surface area contributed by atoms with Crippen LogP contribution in [0, 0.1) is 0 Å². The summed E-state index contributed by atoms with van der Waals surface area (Å²) in [6.07, 6.45) is 0. The fourth-order valence-electron chi connectivity index (χ4n) is 0.884. The van der Waals surface area contributed by atoms with Gasteiger partial charge in [-0.05, 0) is 18.2 Å². The van der Waals surface area contributed by atoms with Crippen LogP contribution in [0.4, 0.5) is 10.5 Å². The molecule has 0 unspecified atom stereocenters. The van der Waals surface area contributed by atoms with Crippen LogP contribution < -0.4 is 10.6 Å². The maximum absolute atomic E-state index is 10.8. The Labute approximate surface area is 80.5 Å². The third kappa shape index (κ3) is 2.03. The fraction of sp³-hybridized carbons (Fsp3) is 0.125. The molecule has 5 heteroatoms. The van der Waals surface area contributed by atoms with E-state index in [1.165, 1.54) is 25.2 Å². The van der Waals surface area contributed by atoms with Crippen LogP contribution in [0.15, 0.2) is 18.2 Å². The van der Waals surface area contributed by atoms with Crippen LogP contribution in [-0.4, -0.2) is 18.2 Å². The molecule has 0 spiro atoms. The Morgan fingerprint density at radius 3 is 2.77 bits per heavy atom. The first kappa shape index (κ1) is 9.67. The maximum atomic E-state index is 10.8. The van der Waals surface area contributed by atoms with E-state index in [1.807, 2.05) is 0 Å². The molecule has 2 amide bonds. The minimum Gasteiger partial charge on any atom is -0.506 e. The number of phenolic OH excluding ortho intramolecular Hbond substituents is 1. The maximum Gasteiger partial charge on any atom is 0.319 e. The largest absolute Gasteiger partial charge is 0.506 e. The summed E-state index contributed by atoms with van der Waals surface area (Å²) in [5, 5.41) is 9.78. The van der Waals surface area contributed by atoms with Crippen molar-refractivity contribution in [2.24, 2.45) is 5.73 Å². The standard InChI is InChI=1S/C8H9ClN2O2/c1-11(8(10)13)6-4-5(9)2-3-7(6)12/h2-4,12H,1H3,(H2,10,13). The summed E-state index contributed by atoms with van der Waals surface area (Å²) in [7, 11) is 1.45. The van der Waals surface area contributed by atoms with Crippen molar-refractivity contribution in [1.29, 1.82) is 0 Å². The number of carbonyl (C=O) groups is 1. The lowest BCUT2D eigenvalue weighted by Gasteiger charge is -2.15. The summed E-state index contributed by atoms with van der Waals surface area (Å²) < 4.78 is 0. The van der Waals surface area contributed by atoms with Gasteiger partial charge in [0, 0.05) is 12.1 Å². The van der Waals surface area contributed by atoms with E-state index in [0.29, 0.717) is 10.7 Å². The van der Waals surface area contributed by atoms with Crippen molar-refractivity contribution in [2.45, 2.75) is 0 Å². The van der Waals surface area contributed by atoms with Crippen LogP contribution in [0.5, 0.6) is 5.75 Å². The molecule has 70 valence electrons. The van der Waals surface area contributed by atoms with Crippen LogP contribution in [-0.2, 0) is 0 Å². The SMILES string of the molecule is CN(C(N)=O)c1cc(Cl)ccc1O. The number of hydrogen-bond acceptors (Lipinski definition) is 2. The summed E-state index contributed by atoms with van der Waals surface area (Å²) in [6.45, 7) is 0. The highest BCUT2D eigenvalue weighted by Gasteiger charge is 2.11. The Hall–Kier alpha value is -1.42. The van der Waals surface area contributed by atoms with Gasteiger partial charge in [0.15, 0.2) is 0 Å². The number of amides is 2. The molecule has 3 N–H and O–H groups in total. The average molecular weight is 201 g/mol. The van der Waals surface area contributed by atoms with Crippen LogP contribution in [0.1, 0.15) is 0 Å². The highest BCUT2D eigenvalue weighted by Crippen LogP contribution is 2.29. The molecule has 1 aromatic carbocycles. The van der Waals surface area contributed by atoms with E-state index < -0.39 is 6.03 Å². The Bertz CT molecular complexity index is 341. The van der Waals surface area contributed by atoms with Gasteiger partial charge in [0.25, 0.3) is 0 Å². The second-order valence-electron chi connectivity index (χ2n) is 2.53. The predicted octanol–water partition coefficient (Wildman–Crippen LogP) is 1.56. The van der Waals surface area contributed by atoms with Crippen LogP contribution in [0.25, 0.3) is 0 Å².